The lowest BCUT2D eigenvalue weighted by Crippen LogP contribution is -2.29. The Morgan fingerprint density at radius 2 is 1.88 bits per heavy atom. The summed E-state index contributed by atoms with van der Waals surface area (Å²) in [5.41, 5.74) is 5.24. The second-order valence-corrected chi connectivity index (χ2v) is 8.81. The van der Waals surface area contributed by atoms with Gasteiger partial charge in [-0.1, -0.05) is 56.9 Å². The first-order valence-electron chi connectivity index (χ1n) is 11.8. The van der Waals surface area contributed by atoms with Crippen LogP contribution in [-0.2, 0) is 13.0 Å². The molecule has 170 valence electrons. The Hall–Kier alpha value is -3.55. The first kappa shape index (κ1) is 21.3. The number of hydrogen-bond acceptors (Lipinski definition) is 5. The fraction of sp³-hybridized carbons (Fsp3) is 0.400. The molecule has 0 aliphatic heterocycles. The molecule has 0 spiro atoms. The molecule has 1 fully saturated rings. The second kappa shape index (κ2) is 9.52. The Labute approximate surface area is 192 Å². The van der Waals surface area contributed by atoms with Crippen LogP contribution in [0.25, 0.3) is 22.5 Å². The van der Waals surface area contributed by atoms with Gasteiger partial charge in [-0.05, 0) is 46.9 Å². The lowest BCUT2D eigenvalue weighted by molar-refractivity contribution is 0.344. The Bertz CT molecular complexity index is 1250. The smallest absolute Gasteiger partial charge is 0.296 e. The highest BCUT2D eigenvalue weighted by atomic mass is 16.1. The lowest BCUT2D eigenvalue weighted by Gasteiger charge is -2.22. The molecular weight excluding hydrogens is 414 g/mol. The molecule has 1 N–H and O–H groups in total. The molecule has 0 amide bonds. The third-order valence-electron chi connectivity index (χ3n) is 6.59. The fourth-order valence-electron chi connectivity index (χ4n) is 4.87. The number of H-pyrrole nitrogens is 1. The summed E-state index contributed by atoms with van der Waals surface area (Å²) in [4.78, 5) is 17.6. The van der Waals surface area contributed by atoms with Gasteiger partial charge in [-0.3, -0.25) is 14.1 Å². The minimum Gasteiger partial charge on any atom is -0.296 e. The molecule has 0 bridgehead atoms. The zero-order valence-corrected chi connectivity index (χ0v) is 18.9. The largest absolute Gasteiger partial charge is 0.328 e. The van der Waals surface area contributed by atoms with Gasteiger partial charge < -0.3 is 0 Å². The number of aromatic nitrogens is 7. The summed E-state index contributed by atoms with van der Waals surface area (Å²) in [6.07, 6.45) is 13.5. The van der Waals surface area contributed by atoms with Crippen molar-refractivity contribution in [3.8, 4) is 22.5 Å². The van der Waals surface area contributed by atoms with Crippen LogP contribution in [-0.4, -0.2) is 34.7 Å². The number of nitrogens with one attached hydrogen (secondary N) is 1. The first-order valence-corrected chi connectivity index (χ1v) is 11.8. The van der Waals surface area contributed by atoms with Crippen LogP contribution in [0.4, 0.5) is 0 Å². The minimum absolute atomic E-state index is 0.127. The van der Waals surface area contributed by atoms with Gasteiger partial charge >= 0.3 is 5.69 Å². The molecule has 4 aromatic rings. The molecule has 3 heterocycles. The van der Waals surface area contributed by atoms with Crippen molar-refractivity contribution in [1.29, 1.82) is 0 Å². The van der Waals surface area contributed by atoms with Gasteiger partial charge in [0.2, 0.25) is 0 Å². The average Bonchev–Trinajstić information content (AvgIpc) is 3.50. The molecule has 33 heavy (non-hydrogen) atoms. The van der Waals surface area contributed by atoms with Crippen molar-refractivity contribution in [1.82, 2.24) is 34.7 Å². The summed E-state index contributed by atoms with van der Waals surface area (Å²) in [7, 11) is 0. The fourth-order valence-corrected chi connectivity index (χ4v) is 4.87. The van der Waals surface area contributed by atoms with Gasteiger partial charge in [-0.15, -0.1) is 5.10 Å². The van der Waals surface area contributed by atoms with Crippen LogP contribution in [0.2, 0.25) is 0 Å². The van der Waals surface area contributed by atoms with Crippen molar-refractivity contribution in [3.05, 3.63) is 70.7 Å². The number of benzene rings is 1. The molecule has 5 rings (SSSR count). The van der Waals surface area contributed by atoms with Crippen molar-refractivity contribution >= 4 is 0 Å². The molecule has 8 heteroatoms. The van der Waals surface area contributed by atoms with E-state index in [1.165, 1.54) is 19.3 Å². The number of aromatic amines is 1. The van der Waals surface area contributed by atoms with E-state index in [1.807, 2.05) is 21.4 Å². The van der Waals surface area contributed by atoms with Gasteiger partial charge in [-0.25, -0.2) is 9.89 Å². The molecule has 0 radical (unpaired) electrons. The van der Waals surface area contributed by atoms with E-state index in [4.69, 9.17) is 0 Å². The summed E-state index contributed by atoms with van der Waals surface area (Å²) >= 11 is 0. The van der Waals surface area contributed by atoms with Gasteiger partial charge in [0, 0.05) is 41.5 Å². The first-order chi connectivity index (χ1) is 16.2. The van der Waals surface area contributed by atoms with Crippen molar-refractivity contribution in [2.45, 2.75) is 64.5 Å². The molecule has 0 atom stereocenters. The summed E-state index contributed by atoms with van der Waals surface area (Å²) < 4.78 is 3.97. The normalized spacial score (nSPS) is 14.6. The van der Waals surface area contributed by atoms with Gasteiger partial charge in [-0.2, -0.15) is 0 Å². The molecular formula is C25H29N7O. The molecule has 0 saturated heterocycles. The van der Waals surface area contributed by atoms with Gasteiger partial charge in [0.15, 0.2) is 5.82 Å². The van der Waals surface area contributed by atoms with Gasteiger partial charge in [0.25, 0.3) is 0 Å². The van der Waals surface area contributed by atoms with E-state index in [1.54, 1.807) is 6.20 Å². The molecule has 8 nitrogen and oxygen atoms in total. The quantitative estimate of drug-likeness (QED) is 0.457. The lowest BCUT2D eigenvalue weighted by atomic mass is 9.95. The molecule has 1 aliphatic rings. The standard InChI is InChI=1S/C25H29N7O/c1-2-6-21-17-32(20-7-4-3-5-8-20)25(33)31(21)16-18-9-11-19(12-10-18)23-15-26-14-13-22(23)24-27-29-30-28-24/h9-15,17,20H,2-8,16H2,1H3,(H,27,28,29,30). The molecule has 1 aromatic carbocycles. The number of nitrogens with zero attached hydrogens (tertiary/aromatic N) is 6. The van der Waals surface area contributed by atoms with E-state index < -0.39 is 0 Å². The predicted molar refractivity (Wildman–Crippen MR) is 127 cm³/mol. The van der Waals surface area contributed by atoms with E-state index in [2.05, 4.69) is 63.0 Å². The van der Waals surface area contributed by atoms with Gasteiger partial charge in [0.05, 0.1) is 6.54 Å². The summed E-state index contributed by atoms with van der Waals surface area (Å²) in [6.45, 7) is 2.75. The zero-order valence-electron chi connectivity index (χ0n) is 18.9. The number of imidazole rings is 1. The number of hydrogen-bond donors (Lipinski definition) is 1. The maximum absolute atomic E-state index is 13.3. The van der Waals surface area contributed by atoms with Crippen LogP contribution in [0.1, 0.15) is 62.7 Å². The number of aryl methyl sites for hydroxylation is 1. The van der Waals surface area contributed by atoms with E-state index in [9.17, 15) is 4.79 Å². The van der Waals surface area contributed by atoms with E-state index in [-0.39, 0.29) is 5.69 Å². The third-order valence-corrected chi connectivity index (χ3v) is 6.59. The van der Waals surface area contributed by atoms with Crippen molar-refractivity contribution in [3.63, 3.8) is 0 Å². The Balaban J connectivity index is 1.42. The van der Waals surface area contributed by atoms with Crippen LogP contribution in [0.5, 0.6) is 0 Å². The van der Waals surface area contributed by atoms with E-state index in [0.717, 1.165) is 53.6 Å². The SMILES string of the molecule is CCCc1cn(C2CCCCC2)c(=O)n1Cc1ccc(-c2cnccc2-c2nnn[nH]2)cc1. The van der Waals surface area contributed by atoms with E-state index >= 15 is 0 Å². The molecule has 0 unspecified atom stereocenters. The van der Waals surface area contributed by atoms with Crippen LogP contribution >= 0.6 is 0 Å². The van der Waals surface area contributed by atoms with Crippen LogP contribution in [0, 0.1) is 0 Å². The number of rotatable bonds is 7. The average molecular weight is 444 g/mol. The highest BCUT2D eigenvalue weighted by Gasteiger charge is 2.20. The Morgan fingerprint density at radius 3 is 2.61 bits per heavy atom. The topological polar surface area (TPSA) is 94.3 Å². The van der Waals surface area contributed by atoms with Crippen LogP contribution in [0.3, 0.4) is 0 Å². The van der Waals surface area contributed by atoms with Crippen LogP contribution in [0.15, 0.2) is 53.7 Å². The molecule has 1 saturated carbocycles. The highest BCUT2D eigenvalue weighted by Crippen LogP contribution is 2.30. The van der Waals surface area contributed by atoms with Crippen LogP contribution < -0.4 is 5.69 Å². The predicted octanol–water partition coefficient (Wildman–Crippen LogP) is 4.40. The highest BCUT2D eigenvalue weighted by molar-refractivity contribution is 5.79. The number of pyridine rings is 1. The Morgan fingerprint density at radius 1 is 1.06 bits per heavy atom. The summed E-state index contributed by atoms with van der Waals surface area (Å²) in [6, 6.07) is 10.6. The third kappa shape index (κ3) is 4.37. The minimum atomic E-state index is 0.127. The summed E-state index contributed by atoms with van der Waals surface area (Å²) in [5.74, 6) is 0.608. The van der Waals surface area contributed by atoms with Gasteiger partial charge in [0.1, 0.15) is 0 Å². The monoisotopic (exact) mass is 443 g/mol. The zero-order chi connectivity index (χ0) is 22.6. The molecule has 3 aromatic heterocycles. The Kier molecular flexibility index (Phi) is 6.15. The van der Waals surface area contributed by atoms with E-state index in [0.29, 0.717) is 18.4 Å². The second-order valence-electron chi connectivity index (χ2n) is 8.81. The summed E-state index contributed by atoms with van der Waals surface area (Å²) in [5, 5.41) is 14.2. The number of tetrazole rings is 1. The van der Waals surface area contributed by atoms with Crippen molar-refractivity contribution < 1.29 is 0 Å². The van der Waals surface area contributed by atoms with Crippen molar-refractivity contribution in [2.24, 2.45) is 0 Å². The van der Waals surface area contributed by atoms with Crippen molar-refractivity contribution in [2.75, 3.05) is 0 Å². The maximum Gasteiger partial charge on any atom is 0.328 e. The maximum atomic E-state index is 13.3. The molecule has 1 aliphatic carbocycles.